The number of morpholine rings is 1. The molecule has 2 N–H and O–H groups in total. The summed E-state index contributed by atoms with van der Waals surface area (Å²) in [6.07, 6.45) is -0.00354. The molecule has 1 heterocycles. The van der Waals surface area contributed by atoms with Crippen molar-refractivity contribution >= 4 is 29.1 Å². The zero-order valence-corrected chi connectivity index (χ0v) is 16.5. The summed E-state index contributed by atoms with van der Waals surface area (Å²) >= 11 is 5.89. The van der Waals surface area contributed by atoms with Gasteiger partial charge in [0, 0.05) is 31.2 Å². The monoisotopic (exact) mass is 412 g/mol. The summed E-state index contributed by atoms with van der Waals surface area (Å²) in [6, 6.07) is 16.4. The molecule has 2 aromatic carbocycles. The molecule has 1 saturated heterocycles. The van der Waals surface area contributed by atoms with Crippen LogP contribution in [0.4, 0.5) is 5.69 Å². The SMILES string of the molecule is N#Cc1ccc(Cl)cc1NC(=O)C(=O)NCCN1CCOC(c2ccccc2)C1. The van der Waals surface area contributed by atoms with Crippen molar-refractivity contribution in [2.24, 2.45) is 0 Å². The number of benzene rings is 2. The van der Waals surface area contributed by atoms with Gasteiger partial charge in [0.15, 0.2) is 0 Å². The third-order valence-electron chi connectivity index (χ3n) is 4.59. The van der Waals surface area contributed by atoms with Gasteiger partial charge in [0.1, 0.15) is 6.07 Å². The van der Waals surface area contributed by atoms with E-state index in [-0.39, 0.29) is 17.4 Å². The summed E-state index contributed by atoms with van der Waals surface area (Å²) in [5, 5.41) is 14.5. The molecule has 0 aliphatic carbocycles. The van der Waals surface area contributed by atoms with Crippen molar-refractivity contribution in [1.29, 1.82) is 5.26 Å². The van der Waals surface area contributed by atoms with Crippen molar-refractivity contribution in [2.45, 2.75) is 6.10 Å². The first kappa shape index (κ1) is 20.8. The van der Waals surface area contributed by atoms with E-state index < -0.39 is 11.8 Å². The number of hydrogen-bond acceptors (Lipinski definition) is 5. The molecule has 1 atom stereocenters. The van der Waals surface area contributed by atoms with Gasteiger partial charge in [0.25, 0.3) is 0 Å². The predicted molar refractivity (Wildman–Crippen MR) is 109 cm³/mol. The molecule has 0 saturated carbocycles. The number of rotatable bonds is 5. The quantitative estimate of drug-likeness (QED) is 0.735. The Bertz CT molecular complexity index is 914. The minimum atomic E-state index is -0.840. The molecule has 0 radical (unpaired) electrons. The molecule has 2 amide bonds. The molecule has 29 heavy (non-hydrogen) atoms. The van der Waals surface area contributed by atoms with Crippen LogP contribution in [0.5, 0.6) is 0 Å². The normalized spacial score (nSPS) is 16.6. The average molecular weight is 413 g/mol. The van der Waals surface area contributed by atoms with E-state index >= 15 is 0 Å². The van der Waals surface area contributed by atoms with Crippen LogP contribution in [-0.4, -0.2) is 49.5 Å². The molecule has 0 aromatic heterocycles. The number of carbonyl (C=O) groups excluding carboxylic acids is 2. The van der Waals surface area contributed by atoms with Crippen molar-refractivity contribution < 1.29 is 14.3 Å². The van der Waals surface area contributed by atoms with Crippen LogP contribution in [0.15, 0.2) is 48.5 Å². The fourth-order valence-corrected chi connectivity index (χ4v) is 3.25. The van der Waals surface area contributed by atoms with E-state index in [0.717, 1.165) is 18.7 Å². The van der Waals surface area contributed by atoms with Crippen LogP contribution >= 0.6 is 11.6 Å². The van der Waals surface area contributed by atoms with Crippen LogP contribution in [0.25, 0.3) is 0 Å². The fourth-order valence-electron chi connectivity index (χ4n) is 3.08. The lowest BCUT2D eigenvalue weighted by Crippen LogP contribution is -2.44. The Balaban J connectivity index is 1.46. The Morgan fingerprint density at radius 1 is 1.21 bits per heavy atom. The zero-order valence-electron chi connectivity index (χ0n) is 15.7. The van der Waals surface area contributed by atoms with E-state index in [9.17, 15) is 9.59 Å². The van der Waals surface area contributed by atoms with Gasteiger partial charge >= 0.3 is 11.8 Å². The van der Waals surface area contributed by atoms with Gasteiger partial charge in [0.2, 0.25) is 0 Å². The van der Waals surface area contributed by atoms with E-state index in [4.69, 9.17) is 21.6 Å². The molecule has 0 bridgehead atoms. The van der Waals surface area contributed by atoms with Gasteiger partial charge in [-0.25, -0.2) is 0 Å². The predicted octanol–water partition coefficient (Wildman–Crippen LogP) is 2.34. The summed E-state index contributed by atoms with van der Waals surface area (Å²) in [4.78, 5) is 26.4. The number of amides is 2. The van der Waals surface area contributed by atoms with Crippen molar-refractivity contribution in [3.8, 4) is 6.07 Å². The number of anilines is 1. The van der Waals surface area contributed by atoms with Crippen LogP contribution in [-0.2, 0) is 14.3 Å². The molecule has 1 fully saturated rings. The van der Waals surface area contributed by atoms with Crippen molar-refractivity contribution in [1.82, 2.24) is 10.2 Å². The van der Waals surface area contributed by atoms with Crippen molar-refractivity contribution in [3.63, 3.8) is 0 Å². The van der Waals surface area contributed by atoms with Crippen LogP contribution in [0.2, 0.25) is 5.02 Å². The molecule has 8 heteroatoms. The Hall–Kier alpha value is -2.92. The van der Waals surface area contributed by atoms with Gasteiger partial charge in [-0.3, -0.25) is 14.5 Å². The number of halogens is 1. The maximum Gasteiger partial charge on any atom is 0.313 e. The maximum absolute atomic E-state index is 12.1. The molecule has 3 rings (SSSR count). The number of ether oxygens (including phenoxy) is 1. The Labute approximate surface area is 174 Å². The second kappa shape index (κ2) is 10.0. The van der Waals surface area contributed by atoms with E-state index in [2.05, 4.69) is 15.5 Å². The van der Waals surface area contributed by atoms with Gasteiger partial charge in [-0.1, -0.05) is 41.9 Å². The Morgan fingerprint density at radius 2 is 2.00 bits per heavy atom. The van der Waals surface area contributed by atoms with Gasteiger partial charge in [-0.2, -0.15) is 5.26 Å². The highest BCUT2D eigenvalue weighted by Crippen LogP contribution is 2.22. The zero-order chi connectivity index (χ0) is 20.6. The number of nitrogens with one attached hydrogen (secondary N) is 2. The average Bonchev–Trinajstić information content (AvgIpc) is 2.74. The summed E-state index contributed by atoms with van der Waals surface area (Å²) < 4.78 is 5.83. The first-order chi connectivity index (χ1) is 14.1. The first-order valence-electron chi connectivity index (χ1n) is 9.24. The Morgan fingerprint density at radius 3 is 2.76 bits per heavy atom. The van der Waals surface area contributed by atoms with Gasteiger partial charge in [0.05, 0.1) is 24.0 Å². The fraction of sp³-hybridized carbons (Fsp3) is 0.286. The highest BCUT2D eigenvalue weighted by atomic mass is 35.5. The lowest BCUT2D eigenvalue weighted by molar-refractivity contribution is -0.136. The molecular formula is C21H21ClN4O3. The summed E-state index contributed by atoms with van der Waals surface area (Å²) in [5.41, 5.74) is 1.56. The second-order valence-electron chi connectivity index (χ2n) is 6.58. The topological polar surface area (TPSA) is 94.5 Å². The minimum Gasteiger partial charge on any atom is -0.371 e. The van der Waals surface area contributed by atoms with Crippen LogP contribution in [0.3, 0.4) is 0 Å². The first-order valence-corrected chi connectivity index (χ1v) is 9.62. The molecule has 2 aromatic rings. The third-order valence-corrected chi connectivity index (χ3v) is 4.83. The van der Waals surface area contributed by atoms with E-state index in [1.165, 1.54) is 12.1 Å². The van der Waals surface area contributed by atoms with Gasteiger partial charge in [-0.05, 0) is 23.8 Å². The number of hydrogen-bond donors (Lipinski definition) is 2. The molecule has 0 spiro atoms. The largest absolute Gasteiger partial charge is 0.371 e. The molecule has 150 valence electrons. The van der Waals surface area contributed by atoms with E-state index in [0.29, 0.717) is 24.7 Å². The summed E-state index contributed by atoms with van der Waals surface area (Å²) in [7, 11) is 0. The van der Waals surface area contributed by atoms with Crippen LogP contribution < -0.4 is 10.6 Å². The van der Waals surface area contributed by atoms with Crippen molar-refractivity contribution in [3.05, 3.63) is 64.7 Å². The minimum absolute atomic E-state index is 0.00354. The molecule has 1 unspecified atom stereocenters. The van der Waals surface area contributed by atoms with E-state index in [1.807, 2.05) is 36.4 Å². The third kappa shape index (κ3) is 5.78. The van der Waals surface area contributed by atoms with Gasteiger partial charge < -0.3 is 15.4 Å². The smallest absolute Gasteiger partial charge is 0.313 e. The molecule has 1 aliphatic heterocycles. The number of nitrogens with zero attached hydrogens (tertiary/aromatic N) is 2. The van der Waals surface area contributed by atoms with E-state index in [1.54, 1.807) is 6.07 Å². The standard InChI is InChI=1S/C21H21ClN4O3/c22-17-7-6-16(13-23)18(12-17)25-21(28)20(27)24-8-9-26-10-11-29-19(14-26)15-4-2-1-3-5-15/h1-7,12,19H,8-11,14H2,(H,24,27)(H,25,28). The molecular weight excluding hydrogens is 392 g/mol. The summed E-state index contributed by atoms with van der Waals surface area (Å²) in [5.74, 6) is -1.60. The lowest BCUT2D eigenvalue weighted by atomic mass is 10.1. The van der Waals surface area contributed by atoms with Gasteiger partial charge in [-0.15, -0.1) is 0 Å². The summed E-state index contributed by atoms with van der Waals surface area (Å²) in [6.45, 7) is 3.03. The highest BCUT2D eigenvalue weighted by Gasteiger charge is 2.22. The van der Waals surface area contributed by atoms with Crippen LogP contribution in [0, 0.1) is 11.3 Å². The van der Waals surface area contributed by atoms with Crippen LogP contribution in [0.1, 0.15) is 17.2 Å². The molecule has 1 aliphatic rings. The lowest BCUT2D eigenvalue weighted by Gasteiger charge is -2.33. The maximum atomic E-state index is 12.1. The molecule has 7 nitrogen and oxygen atoms in total. The highest BCUT2D eigenvalue weighted by molar-refractivity contribution is 6.40. The number of nitriles is 1. The van der Waals surface area contributed by atoms with Crippen molar-refractivity contribution in [2.75, 3.05) is 38.1 Å². The Kier molecular flexibility index (Phi) is 7.19. The number of carbonyl (C=O) groups is 2. The second-order valence-corrected chi connectivity index (χ2v) is 7.02.